The third kappa shape index (κ3) is 15.0. The minimum atomic E-state index is 0. The van der Waals surface area contributed by atoms with Crippen molar-refractivity contribution < 1.29 is 21.7 Å². The first-order chi connectivity index (χ1) is 14.1. The molecule has 3 heteroatoms. The monoisotopic (exact) mass is 437 g/mol. The normalized spacial score (nSPS) is 11.3. The Morgan fingerprint density at radius 1 is 0.667 bits per heavy atom. The summed E-state index contributed by atoms with van der Waals surface area (Å²) in [4.78, 5) is 12.6. The predicted molar refractivity (Wildman–Crippen MR) is 127 cm³/mol. The summed E-state index contributed by atoms with van der Waals surface area (Å²) >= 11 is 0. The highest BCUT2D eigenvalue weighted by Gasteiger charge is 2.25. The second-order valence-corrected chi connectivity index (χ2v) is 9.42. The van der Waals surface area contributed by atoms with Crippen LogP contribution in [0.15, 0.2) is 30.3 Å². The van der Waals surface area contributed by atoms with E-state index in [1.807, 2.05) is 20.2 Å². The number of nitrogens with zero attached hydrogens (tertiary/aromatic N) is 1. The molecule has 0 aromatic heterocycles. The minimum absolute atomic E-state index is 0. The van der Waals surface area contributed by atoms with Crippen LogP contribution in [-0.4, -0.2) is 24.5 Å². The lowest BCUT2D eigenvalue weighted by molar-refractivity contribution is -0.828. The second-order valence-electron chi connectivity index (χ2n) is 9.42. The van der Waals surface area contributed by atoms with Gasteiger partial charge in [-0.2, -0.15) is 0 Å². The number of unbranched alkanes of at least 4 members (excludes halogenated alkanes) is 14. The molecule has 174 valence electrons. The molecule has 0 bridgehead atoms. The van der Waals surface area contributed by atoms with Crippen LogP contribution >= 0.6 is 0 Å². The first kappa shape index (κ1) is 29.1. The number of carbonyl (C=O) groups is 1. The van der Waals surface area contributed by atoms with Gasteiger partial charge in [0.1, 0.15) is 6.54 Å². The van der Waals surface area contributed by atoms with Crippen LogP contribution in [-0.2, 0) is 11.3 Å². The van der Waals surface area contributed by atoms with E-state index in [1.54, 1.807) is 0 Å². The summed E-state index contributed by atoms with van der Waals surface area (Å²) in [5, 5.41) is 0. The molecular weight excluding hydrogens is 390 g/mol. The van der Waals surface area contributed by atoms with E-state index in [4.69, 9.17) is 0 Å². The van der Waals surface area contributed by atoms with Gasteiger partial charge < -0.3 is 12.4 Å². The Morgan fingerprint density at radius 3 is 1.50 bits per heavy atom. The van der Waals surface area contributed by atoms with Crippen molar-refractivity contribution in [3.63, 3.8) is 0 Å². The number of hydrogen-bond donors (Lipinski definition) is 0. The molecule has 0 spiro atoms. The number of hydrogen-bond acceptors (Lipinski definition) is 1. The van der Waals surface area contributed by atoms with Crippen molar-refractivity contribution in [2.75, 3.05) is 14.1 Å². The maximum Gasteiger partial charge on any atom is 0.313 e. The molecule has 30 heavy (non-hydrogen) atoms. The van der Waals surface area contributed by atoms with Crippen molar-refractivity contribution in [2.24, 2.45) is 0 Å². The Hall–Kier alpha value is -0.860. The van der Waals surface area contributed by atoms with Crippen molar-refractivity contribution in [2.45, 2.75) is 116 Å². The summed E-state index contributed by atoms with van der Waals surface area (Å²) in [5.41, 5.74) is 1.24. The largest absolute Gasteiger partial charge is 1.00 e. The molecular formula is C27H48ClNO. The molecule has 1 rings (SSSR count). The molecule has 0 N–H and O–H groups in total. The van der Waals surface area contributed by atoms with Gasteiger partial charge in [0.25, 0.3) is 0 Å². The van der Waals surface area contributed by atoms with Crippen LogP contribution in [0.4, 0.5) is 0 Å². The van der Waals surface area contributed by atoms with Crippen LogP contribution in [0.1, 0.15) is 115 Å². The molecule has 1 amide bonds. The number of amides is 1. The summed E-state index contributed by atoms with van der Waals surface area (Å²) in [6.45, 7) is 3.07. The Morgan fingerprint density at radius 2 is 1.07 bits per heavy atom. The van der Waals surface area contributed by atoms with E-state index >= 15 is 0 Å². The second kappa shape index (κ2) is 18.9. The number of rotatable bonds is 18. The molecule has 0 aliphatic carbocycles. The third-order valence-corrected chi connectivity index (χ3v) is 6.09. The molecule has 0 saturated carbocycles. The molecule has 1 aromatic rings. The van der Waals surface area contributed by atoms with Crippen molar-refractivity contribution in [3.05, 3.63) is 35.9 Å². The van der Waals surface area contributed by atoms with Gasteiger partial charge in [0.15, 0.2) is 0 Å². The zero-order valence-electron chi connectivity index (χ0n) is 20.1. The summed E-state index contributed by atoms with van der Waals surface area (Å²) in [7, 11) is 4.08. The molecule has 0 radical (unpaired) electrons. The highest BCUT2D eigenvalue weighted by atomic mass is 35.5. The summed E-state index contributed by atoms with van der Waals surface area (Å²) in [6, 6.07) is 10.4. The Kier molecular flexibility index (Phi) is 18.3. The van der Waals surface area contributed by atoms with Crippen LogP contribution in [0.5, 0.6) is 0 Å². The van der Waals surface area contributed by atoms with Gasteiger partial charge in [-0.15, -0.1) is 0 Å². The van der Waals surface area contributed by atoms with Gasteiger partial charge in [0.05, 0.1) is 20.5 Å². The Balaban J connectivity index is 0.00000841. The van der Waals surface area contributed by atoms with E-state index in [2.05, 4.69) is 31.2 Å². The molecule has 0 saturated heterocycles. The number of halogens is 1. The molecule has 2 nitrogen and oxygen atoms in total. The van der Waals surface area contributed by atoms with E-state index in [-0.39, 0.29) is 12.4 Å². The van der Waals surface area contributed by atoms with Crippen molar-refractivity contribution in [1.29, 1.82) is 0 Å². The van der Waals surface area contributed by atoms with Crippen molar-refractivity contribution >= 4 is 5.91 Å². The van der Waals surface area contributed by atoms with Crippen LogP contribution < -0.4 is 12.4 Å². The van der Waals surface area contributed by atoms with Gasteiger partial charge in [0, 0.05) is 5.56 Å². The highest BCUT2D eigenvalue weighted by molar-refractivity contribution is 5.68. The quantitative estimate of drug-likeness (QED) is 0.232. The average Bonchev–Trinajstić information content (AvgIpc) is 2.71. The number of benzene rings is 1. The van der Waals surface area contributed by atoms with Gasteiger partial charge in [-0.25, -0.2) is 4.79 Å². The summed E-state index contributed by atoms with van der Waals surface area (Å²) in [6.07, 6.45) is 21.2. The Bertz CT molecular complexity index is 515. The SMILES string of the molecule is CCCCCCCCCCCCCCCCCC(=O)[N+](C)(C)Cc1ccccc1.[Cl-]. The smallest absolute Gasteiger partial charge is 0.313 e. The molecule has 0 unspecified atom stereocenters. The van der Waals surface area contributed by atoms with E-state index in [1.165, 1.54) is 95.5 Å². The topological polar surface area (TPSA) is 17.1 Å². The van der Waals surface area contributed by atoms with E-state index in [0.29, 0.717) is 10.4 Å². The molecule has 1 aromatic carbocycles. The van der Waals surface area contributed by atoms with Crippen LogP contribution in [0.25, 0.3) is 0 Å². The molecule has 0 aliphatic heterocycles. The van der Waals surface area contributed by atoms with Crippen LogP contribution in [0.2, 0.25) is 0 Å². The van der Waals surface area contributed by atoms with Crippen LogP contribution in [0.3, 0.4) is 0 Å². The fraction of sp³-hybridized carbons (Fsp3) is 0.741. The van der Waals surface area contributed by atoms with Crippen molar-refractivity contribution in [1.82, 2.24) is 0 Å². The van der Waals surface area contributed by atoms with Gasteiger partial charge in [-0.1, -0.05) is 127 Å². The van der Waals surface area contributed by atoms with Crippen LogP contribution in [0, 0.1) is 0 Å². The molecule has 0 atom stereocenters. The lowest BCUT2D eigenvalue weighted by atomic mass is 10.0. The van der Waals surface area contributed by atoms with E-state index in [9.17, 15) is 4.79 Å². The predicted octanol–water partition coefficient (Wildman–Crippen LogP) is 5.06. The summed E-state index contributed by atoms with van der Waals surface area (Å²) < 4.78 is 0.461. The number of carbonyl (C=O) groups excluding carboxylic acids is 1. The fourth-order valence-electron chi connectivity index (χ4n) is 4.08. The fourth-order valence-corrected chi connectivity index (χ4v) is 4.08. The average molecular weight is 438 g/mol. The zero-order chi connectivity index (χ0) is 21.2. The minimum Gasteiger partial charge on any atom is -1.00 e. The molecule has 0 aliphatic rings. The Labute approximate surface area is 193 Å². The zero-order valence-corrected chi connectivity index (χ0v) is 20.9. The third-order valence-electron chi connectivity index (χ3n) is 6.09. The first-order valence-corrected chi connectivity index (χ1v) is 12.5. The van der Waals surface area contributed by atoms with E-state index in [0.717, 1.165) is 19.4 Å². The van der Waals surface area contributed by atoms with Gasteiger partial charge >= 0.3 is 5.91 Å². The first-order valence-electron chi connectivity index (χ1n) is 12.5. The maximum absolute atomic E-state index is 12.6. The lowest BCUT2D eigenvalue weighted by Gasteiger charge is -2.27. The number of quaternary nitrogens is 1. The maximum atomic E-state index is 12.6. The van der Waals surface area contributed by atoms with Crippen molar-refractivity contribution in [3.8, 4) is 0 Å². The standard InChI is InChI=1S/C27H48NO.ClH/c1-4-5-6-7-8-9-10-11-12-13-14-15-16-17-21-24-27(29)28(2,3)25-26-22-19-18-20-23-26;/h18-20,22-23H,4-17,21,24-25H2,1-3H3;1H/q+1;/p-1. The van der Waals surface area contributed by atoms with E-state index < -0.39 is 0 Å². The highest BCUT2D eigenvalue weighted by Crippen LogP contribution is 2.16. The van der Waals surface area contributed by atoms with Gasteiger partial charge in [-0.05, 0) is 6.42 Å². The summed E-state index contributed by atoms with van der Waals surface area (Å²) in [5.74, 6) is 0.364. The molecule has 0 fully saturated rings. The molecule has 0 heterocycles. The van der Waals surface area contributed by atoms with Gasteiger partial charge in [0.2, 0.25) is 0 Å². The van der Waals surface area contributed by atoms with Gasteiger partial charge in [-0.3, -0.25) is 4.48 Å². The lowest BCUT2D eigenvalue weighted by Crippen LogP contribution is -3.00.